The predicted octanol–water partition coefficient (Wildman–Crippen LogP) is 1.26. The smallest absolute Gasteiger partial charge is 0.260 e. The van der Waals surface area contributed by atoms with Crippen LogP contribution in [-0.4, -0.2) is 30.1 Å². The summed E-state index contributed by atoms with van der Waals surface area (Å²) in [4.78, 5) is 18.7. The number of nitrogen functional groups attached to an aromatic ring is 1. The molecule has 0 bridgehead atoms. The molecule has 7 nitrogen and oxygen atoms in total. The van der Waals surface area contributed by atoms with Gasteiger partial charge in [0.05, 0.1) is 19.8 Å². The van der Waals surface area contributed by atoms with Crippen molar-refractivity contribution in [1.82, 2.24) is 9.97 Å². The van der Waals surface area contributed by atoms with Crippen LogP contribution in [0.5, 0.6) is 11.5 Å². The quantitative estimate of drug-likeness (QED) is 0.720. The van der Waals surface area contributed by atoms with E-state index in [-0.39, 0.29) is 11.5 Å². The number of imidazole rings is 1. The van der Waals surface area contributed by atoms with Crippen molar-refractivity contribution in [3.05, 3.63) is 30.1 Å². The SMILES string of the molecule is COc1cc(N)c(C(=O)Nc2ncc[nH]2)cc1OC. The van der Waals surface area contributed by atoms with Crippen molar-refractivity contribution in [2.45, 2.75) is 0 Å². The van der Waals surface area contributed by atoms with E-state index in [9.17, 15) is 4.79 Å². The molecular weight excluding hydrogens is 248 g/mol. The average Bonchev–Trinajstić information content (AvgIpc) is 2.90. The fraction of sp³-hybridized carbons (Fsp3) is 0.167. The van der Waals surface area contributed by atoms with E-state index >= 15 is 0 Å². The third-order valence-electron chi connectivity index (χ3n) is 2.53. The summed E-state index contributed by atoms with van der Waals surface area (Å²) in [6.45, 7) is 0. The topological polar surface area (TPSA) is 102 Å². The summed E-state index contributed by atoms with van der Waals surface area (Å²) in [7, 11) is 2.99. The van der Waals surface area contributed by atoms with E-state index in [1.165, 1.54) is 32.5 Å². The van der Waals surface area contributed by atoms with Crippen LogP contribution in [0.1, 0.15) is 10.4 Å². The van der Waals surface area contributed by atoms with Gasteiger partial charge in [0.2, 0.25) is 5.95 Å². The van der Waals surface area contributed by atoms with E-state index < -0.39 is 0 Å². The first-order valence-electron chi connectivity index (χ1n) is 5.48. The highest BCUT2D eigenvalue weighted by Crippen LogP contribution is 2.32. The number of H-pyrrole nitrogens is 1. The third kappa shape index (κ3) is 2.59. The second kappa shape index (κ2) is 5.30. The molecule has 4 N–H and O–H groups in total. The van der Waals surface area contributed by atoms with Gasteiger partial charge in [-0.2, -0.15) is 0 Å². The highest BCUT2D eigenvalue weighted by molar-refractivity contribution is 6.07. The molecule has 0 saturated heterocycles. The molecule has 1 aromatic heterocycles. The van der Waals surface area contributed by atoms with Gasteiger partial charge < -0.3 is 20.2 Å². The number of nitrogens with zero attached hydrogens (tertiary/aromatic N) is 1. The maximum Gasteiger partial charge on any atom is 0.260 e. The first kappa shape index (κ1) is 12.7. The van der Waals surface area contributed by atoms with Crippen molar-refractivity contribution in [2.75, 3.05) is 25.3 Å². The second-order valence-electron chi connectivity index (χ2n) is 3.69. The summed E-state index contributed by atoms with van der Waals surface area (Å²) in [5.41, 5.74) is 6.40. The molecule has 2 aromatic rings. The third-order valence-corrected chi connectivity index (χ3v) is 2.53. The fourth-order valence-electron chi connectivity index (χ4n) is 1.60. The molecule has 0 unspecified atom stereocenters. The van der Waals surface area contributed by atoms with Crippen molar-refractivity contribution in [3.8, 4) is 11.5 Å². The number of rotatable bonds is 4. The molecule has 1 heterocycles. The number of anilines is 2. The molecule has 19 heavy (non-hydrogen) atoms. The van der Waals surface area contributed by atoms with E-state index in [2.05, 4.69) is 15.3 Å². The van der Waals surface area contributed by atoms with Crippen molar-refractivity contribution in [3.63, 3.8) is 0 Å². The van der Waals surface area contributed by atoms with Crippen LogP contribution in [0.3, 0.4) is 0 Å². The molecule has 7 heteroatoms. The lowest BCUT2D eigenvalue weighted by molar-refractivity contribution is 0.102. The van der Waals surface area contributed by atoms with Crippen LogP contribution in [0.2, 0.25) is 0 Å². The normalized spacial score (nSPS) is 10.0. The van der Waals surface area contributed by atoms with E-state index in [0.717, 1.165) is 0 Å². The number of nitrogens with two attached hydrogens (primary N) is 1. The Kier molecular flexibility index (Phi) is 3.56. The standard InChI is InChI=1S/C12H14N4O3/c1-18-9-5-7(8(13)6-10(9)19-2)11(17)16-12-14-3-4-15-12/h3-6H,13H2,1-2H3,(H2,14,15,16,17). The summed E-state index contributed by atoms with van der Waals surface area (Å²) in [5.74, 6) is 0.864. The largest absolute Gasteiger partial charge is 0.493 e. The minimum atomic E-state index is -0.381. The molecule has 0 saturated carbocycles. The van der Waals surface area contributed by atoms with Crippen molar-refractivity contribution < 1.29 is 14.3 Å². The van der Waals surface area contributed by atoms with Gasteiger partial charge in [-0.05, 0) is 6.07 Å². The molecular formula is C12H14N4O3. The zero-order chi connectivity index (χ0) is 13.8. The maximum absolute atomic E-state index is 12.1. The van der Waals surface area contributed by atoms with Crippen LogP contribution in [0.4, 0.5) is 11.6 Å². The Morgan fingerprint density at radius 1 is 1.32 bits per heavy atom. The van der Waals surface area contributed by atoms with Gasteiger partial charge in [-0.1, -0.05) is 0 Å². The summed E-state index contributed by atoms with van der Waals surface area (Å²) < 4.78 is 10.2. The first-order chi connectivity index (χ1) is 9.15. The number of aromatic amines is 1. The maximum atomic E-state index is 12.1. The summed E-state index contributed by atoms with van der Waals surface area (Å²) in [6, 6.07) is 3.06. The van der Waals surface area contributed by atoms with Gasteiger partial charge in [-0.25, -0.2) is 4.98 Å². The van der Waals surface area contributed by atoms with Crippen LogP contribution in [0.25, 0.3) is 0 Å². The Balaban J connectivity index is 2.31. The molecule has 1 aromatic carbocycles. The van der Waals surface area contributed by atoms with Crippen molar-refractivity contribution in [1.29, 1.82) is 0 Å². The van der Waals surface area contributed by atoms with Crippen LogP contribution in [0.15, 0.2) is 24.5 Å². The lowest BCUT2D eigenvalue weighted by Crippen LogP contribution is -2.15. The number of hydrogen-bond donors (Lipinski definition) is 3. The highest BCUT2D eigenvalue weighted by Gasteiger charge is 2.15. The van der Waals surface area contributed by atoms with Crippen LogP contribution in [0, 0.1) is 0 Å². The number of ether oxygens (including phenoxy) is 2. The Hall–Kier alpha value is -2.70. The van der Waals surface area contributed by atoms with Gasteiger partial charge in [0.25, 0.3) is 5.91 Å². The molecule has 0 aliphatic carbocycles. The molecule has 0 aliphatic heterocycles. The number of amides is 1. The number of carbonyl (C=O) groups excluding carboxylic acids is 1. The number of methoxy groups -OCH3 is 2. The Labute approximate surface area is 109 Å². The number of carbonyl (C=O) groups is 1. The monoisotopic (exact) mass is 262 g/mol. The minimum Gasteiger partial charge on any atom is -0.493 e. The van der Waals surface area contributed by atoms with Crippen LogP contribution >= 0.6 is 0 Å². The molecule has 0 fully saturated rings. The summed E-state index contributed by atoms with van der Waals surface area (Å²) in [5, 5.41) is 2.59. The number of benzene rings is 1. The van der Waals surface area contributed by atoms with Gasteiger partial charge in [-0.3, -0.25) is 10.1 Å². The molecule has 1 amide bonds. The number of nitrogens with one attached hydrogen (secondary N) is 2. The molecule has 2 rings (SSSR count). The van der Waals surface area contributed by atoms with E-state index in [1.54, 1.807) is 6.20 Å². The van der Waals surface area contributed by atoms with Crippen molar-refractivity contribution >= 4 is 17.5 Å². The van der Waals surface area contributed by atoms with Gasteiger partial charge in [0.1, 0.15) is 0 Å². The van der Waals surface area contributed by atoms with E-state index in [4.69, 9.17) is 15.2 Å². The molecule has 100 valence electrons. The van der Waals surface area contributed by atoms with Crippen molar-refractivity contribution in [2.24, 2.45) is 0 Å². The molecule has 0 atom stereocenters. The molecule has 0 radical (unpaired) electrons. The molecule has 0 aliphatic rings. The van der Waals surface area contributed by atoms with Crippen LogP contribution in [-0.2, 0) is 0 Å². The highest BCUT2D eigenvalue weighted by atomic mass is 16.5. The molecule has 0 spiro atoms. The minimum absolute atomic E-state index is 0.286. The summed E-state index contributed by atoms with van der Waals surface area (Å²) in [6.07, 6.45) is 3.14. The van der Waals surface area contributed by atoms with Gasteiger partial charge >= 0.3 is 0 Å². The predicted molar refractivity (Wildman–Crippen MR) is 70.5 cm³/mol. The second-order valence-corrected chi connectivity index (χ2v) is 3.69. The Morgan fingerprint density at radius 3 is 2.58 bits per heavy atom. The summed E-state index contributed by atoms with van der Waals surface area (Å²) >= 11 is 0. The van der Waals surface area contributed by atoms with Gasteiger partial charge in [0.15, 0.2) is 11.5 Å². The van der Waals surface area contributed by atoms with Gasteiger partial charge in [-0.15, -0.1) is 0 Å². The fourth-order valence-corrected chi connectivity index (χ4v) is 1.60. The Morgan fingerprint density at radius 2 is 2.00 bits per heavy atom. The first-order valence-corrected chi connectivity index (χ1v) is 5.48. The number of aromatic nitrogens is 2. The average molecular weight is 262 g/mol. The van der Waals surface area contributed by atoms with E-state index in [1.807, 2.05) is 0 Å². The lowest BCUT2D eigenvalue weighted by atomic mass is 10.1. The van der Waals surface area contributed by atoms with E-state index in [0.29, 0.717) is 23.1 Å². The zero-order valence-electron chi connectivity index (χ0n) is 10.6. The zero-order valence-corrected chi connectivity index (χ0v) is 10.6. The van der Waals surface area contributed by atoms with Gasteiger partial charge in [0, 0.05) is 24.1 Å². The lowest BCUT2D eigenvalue weighted by Gasteiger charge is -2.11. The Bertz CT molecular complexity index is 581. The van der Waals surface area contributed by atoms with Crippen LogP contribution < -0.4 is 20.5 Å². The number of hydrogen-bond acceptors (Lipinski definition) is 5.